The summed E-state index contributed by atoms with van der Waals surface area (Å²) in [6, 6.07) is 0.717. The fraction of sp³-hybridized carbons (Fsp3) is 0.909. The Morgan fingerprint density at radius 1 is 1.47 bits per heavy atom. The number of rotatable bonds is 1. The Hall–Kier alpha value is -0.770. The van der Waals surface area contributed by atoms with Crippen molar-refractivity contribution in [3.8, 4) is 0 Å². The van der Waals surface area contributed by atoms with Crippen LogP contribution in [0, 0.1) is 0 Å². The summed E-state index contributed by atoms with van der Waals surface area (Å²) < 4.78 is 5.21. The van der Waals surface area contributed by atoms with Gasteiger partial charge < -0.3 is 15.4 Å². The number of nitrogens with one attached hydrogen (secondary N) is 2. The van der Waals surface area contributed by atoms with Gasteiger partial charge in [0.05, 0.1) is 0 Å². The molecule has 15 heavy (non-hydrogen) atoms. The summed E-state index contributed by atoms with van der Waals surface area (Å²) in [5.74, 6) is 0. The largest absolute Gasteiger partial charge is 0.444 e. The van der Waals surface area contributed by atoms with Gasteiger partial charge in [0.25, 0.3) is 0 Å². The smallest absolute Gasteiger partial charge is 0.407 e. The topological polar surface area (TPSA) is 50.4 Å². The van der Waals surface area contributed by atoms with E-state index in [0.717, 1.165) is 19.4 Å². The van der Waals surface area contributed by atoms with Crippen LogP contribution >= 0.6 is 0 Å². The number of alkyl carbamates (subject to hydrolysis) is 1. The van der Waals surface area contributed by atoms with Crippen molar-refractivity contribution in [3.63, 3.8) is 0 Å². The summed E-state index contributed by atoms with van der Waals surface area (Å²) in [7, 11) is 0. The van der Waals surface area contributed by atoms with Crippen molar-refractivity contribution < 1.29 is 9.53 Å². The van der Waals surface area contributed by atoms with E-state index in [1.165, 1.54) is 0 Å². The molecule has 4 heteroatoms. The average molecular weight is 214 g/mol. The first-order valence-corrected chi connectivity index (χ1v) is 5.60. The average Bonchev–Trinajstić information content (AvgIpc) is 1.99. The molecule has 1 fully saturated rings. The van der Waals surface area contributed by atoms with Gasteiger partial charge in [0, 0.05) is 12.1 Å². The minimum atomic E-state index is -0.414. The molecule has 1 rings (SSSR count). The molecule has 0 saturated carbocycles. The molecule has 88 valence electrons. The Morgan fingerprint density at radius 2 is 2.13 bits per heavy atom. The van der Waals surface area contributed by atoms with Crippen LogP contribution in [0.15, 0.2) is 0 Å². The Morgan fingerprint density at radius 3 is 2.67 bits per heavy atom. The molecule has 2 atom stereocenters. The number of ether oxygens (including phenoxy) is 1. The fourth-order valence-electron chi connectivity index (χ4n) is 1.74. The Bertz CT molecular complexity index is 223. The summed E-state index contributed by atoms with van der Waals surface area (Å²) >= 11 is 0. The molecule has 1 aliphatic rings. The summed E-state index contributed by atoms with van der Waals surface area (Å²) in [4.78, 5) is 11.5. The first-order valence-electron chi connectivity index (χ1n) is 5.60. The zero-order valence-electron chi connectivity index (χ0n) is 10.1. The van der Waals surface area contributed by atoms with E-state index in [1.807, 2.05) is 20.8 Å². The van der Waals surface area contributed by atoms with Crippen molar-refractivity contribution in [2.45, 2.75) is 58.2 Å². The first-order chi connectivity index (χ1) is 6.87. The third-order valence-corrected chi connectivity index (χ3v) is 2.34. The van der Waals surface area contributed by atoms with Gasteiger partial charge >= 0.3 is 6.09 Å². The van der Waals surface area contributed by atoms with Crippen LogP contribution in [-0.2, 0) is 4.74 Å². The normalized spacial score (nSPS) is 27.2. The second-order valence-electron chi connectivity index (χ2n) is 5.22. The van der Waals surface area contributed by atoms with E-state index in [9.17, 15) is 4.79 Å². The summed E-state index contributed by atoms with van der Waals surface area (Å²) in [5, 5.41) is 6.25. The highest BCUT2D eigenvalue weighted by atomic mass is 16.6. The van der Waals surface area contributed by atoms with Crippen LogP contribution in [-0.4, -0.2) is 30.3 Å². The first kappa shape index (κ1) is 12.3. The molecule has 0 aromatic carbocycles. The molecule has 1 saturated heterocycles. The highest BCUT2D eigenvalue weighted by Gasteiger charge is 2.22. The minimum absolute atomic E-state index is 0.246. The van der Waals surface area contributed by atoms with Crippen LogP contribution in [0.25, 0.3) is 0 Å². The molecule has 1 unspecified atom stereocenters. The monoisotopic (exact) mass is 214 g/mol. The predicted molar refractivity (Wildman–Crippen MR) is 59.9 cm³/mol. The number of hydrogen-bond donors (Lipinski definition) is 2. The van der Waals surface area contributed by atoms with Crippen LogP contribution in [0.1, 0.15) is 40.5 Å². The maximum atomic E-state index is 11.5. The third-order valence-electron chi connectivity index (χ3n) is 2.34. The van der Waals surface area contributed by atoms with E-state index < -0.39 is 5.60 Å². The van der Waals surface area contributed by atoms with Crippen LogP contribution in [0.2, 0.25) is 0 Å². The van der Waals surface area contributed by atoms with Crippen molar-refractivity contribution in [1.29, 1.82) is 0 Å². The Kier molecular flexibility index (Phi) is 3.97. The molecule has 0 radical (unpaired) electrons. The Balaban J connectivity index is 2.31. The second kappa shape index (κ2) is 4.84. The molecule has 0 aromatic heterocycles. The van der Waals surface area contributed by atoms with Crippen LogP contribution in [0.3, 0.4) is 0 Å². The fourth-order valence-corrected chi connectivity index (χ4v) is 1.74. The predicted octanol–water partition coefficient (Wildman–Crippen LogP) is 1.65. The quantitative estimate of drug-likeness (QED) is 0.698. The lowest BCUT2D eigenvalue weighted by atomic mass is 10.0. The SMILES string of the molecule is C[C@@H]1CC(NC(=O)OC(C)(C)C)CCN1. The lowest BCUT2D eigenvalue weighted by molar-refractivity contribution is 0.0491. The van der Waals surface area contributed by atoms with Gasteiger partial charge in [0.2, 0.25) is 0 Å². The summed E-state index contributed by atoms with van der Waals surface area (Å²) in [6.07, 6.45) is 1.64. The zero-order chi connectivity index (χ0) is 11.5. The van der Waals surface area contributed by atoms with E-state index in [4.69, 9.17) is 4.74 Å². The number of piperidine rings is 1. The third kappa shape index (κ3) is 5.02. The van der Waals surface area contributed by atoms with Gasteiger partial charge in [-0.1, -0.05) is 0 Å². The molecular weight excluding hydrogens is 192 g/mol. The highest BCUT2D eigenvalue weighted by Crippen LogP contribution is 2.11. The molecule has 0 bridgehead atoms. The minimum Gasteiger partial charge on any atom is -0.444 e. The number of hydrogen-bond acceptors (Lipinski definition) is 3. The standard InChI is InChI=1S/C11H22N2O2/c1-8-7-9(5-6-12-8)13-10(14)15-11(2,3)4/h8-9,12H,5-7H2,1-4H3,(H,13,14)/t8-,9?/m1/s1. The lowest BCUT2D eigenvalue weighted by Crippen LogP contribution is -2.47. The highest BCUT2D eigenvalue weighted by molar-refractivity contribution is 5.68. The number of carbonyl (C=O) groups is 1. The lowest BCUT2D eigenvalue weighted by Gasteiger charge is -2.29. The van der Waals surface area contributed by atoms with E-state index in [0.29, 0.717) is 6.04 Å². The van der Waals surface area contributed by atoms with Gasteiger partial charge in [-0.15, -0.1) is 0 Å². The molecule has 0 aromatic rings. The van der Waals surface area contributed by atoms with Gasteiger partial charge in [-0.25, -0.2) is 4.79 Å². The van der Waals surface area contributed by atoms with Crippen molar-refractivity contribution in [2.75, 3.05) is 6.54 Å². The molecule has 2 N–H and O–H groups in total. The van der Waals surface area contributed by atoms with Gasteiger partial charge in [0.1, 0.15) is 5.60 Å². The van der Waals surface area contributed by atoms with Gasteiger partial charge in [-0.3, -0.25) is 0 Å². The molecule has 1 amide bonds. The Labute approximate surface area is 91.8 Å². The summed E-state index contributed by atoms with van der Waals surface area (Å²) in [6.45, 7) is 8.71. The van der Waals surface area contributed by atoms with E-state index in [1.54, 1.807) is 0 Å². The zero-order valence-corrected chi connectivity index (χ0v) is 10.1. The van der Waals surface area contributed by atoms with Crippen molar-refractivity contribution in [1.82, 2.24) is 10.6 Å². The van der Waals surface area contributed by atoms with Crippen LogP contribution in [0.4, 0.5) is 4.79 Å². The summed E-state index contributed by atoms with van der Waals surface area (Å²) in [5.41, 5.74) is -0.414. The molecule has 1 heterocycles. The van der Waals surface area contributed by atoms with E-state index in [-0.39, 0.29) is 12.1 Å². The van der Waals surface area contributed by atoms with Crippen molar-refractivity contribution in [2.24, 2.45) is 0 Å². The second-order valence-corrected chi connectivity index (χ2v) is 5.22. The van der Waals surface area contributed by atoms with Crippen LogP contribution in [0.5, 0.6) is 0 Å². The van der Waals surface area contributed by atoms with Crippen molar-refractivity contribution >= 4 is 6.09 Å². The molecular formula is C11H22N2O2. The maximum Gasteiger partial charge on any atom is 0.407 e. The van der Waals surface area contributed by atoms with E-state index >= 15 is 0 Å². The molecule has 0 spiro atoms. The number of carbonyl (C=O) groups excluding carboxylic acids is 1. The molecule has 0 aliphatic carbocycles. The number of amides is 1. The van der Waals surface area contributed by atoms with Gasteiger partial charge in [-0.2, -0.15) is 0 Å². The molecule has 4 nitrogen and oxygen atoms in total. The molecule has 1 aliphatic heterocycles. The van der Waals surface area contributed by atoms with Gasteiger partial charge in [-0.05, 0) is 47.1 Å². The van der Waals surface area contributed by atoms with Crippen LogP contribution < -0.4 is 10.6 Å². The maximum absolute atomic E-state index is 11.5. The van der Waals surface area contributed by atoms with Crippen molar-refractivity contribution in [3.05, 3.63) is 0 Å². The van der Waals surface area contributed by atoms with Gasteiger partial charge in [0.15, 0.2) is 0 Å². The van der Waals surface area contributed by atoms with E-state index in [2.05, 4.69) is 17.6 Å².